The van der Waals surface area contributed by atoms with Crippen molar-refractivity contribution >= 4 is 27.3 Å². The molecule has 0 radical (unpaired) electrons. The predicted octanol–water partition coefficient (Wildman–Crippen LogP) is 5.02. The third-order valence-electron chi connectivity index (χ3n) is 4.99. The molecule has 1 amide bonds. The monoisotopic (exact) mass is 422 g/mol. The van der Waals surface area contributed by atoms with Gasteiger partial charge in [-0.1, -0.05) is 49.4 Å². The van der Waals surface area contributed by atoms with E-state index in [0.29, 0.717) is 11.3 Å². The van der Waals surface area contributed by atoms with Crippen molar-refractivity contribution in [3.8, 4) is 0 Å². The third-order valence-corrected chi connectivity index (χ3v) is 6.89. The Kier molecular flexibility index (Phi) is 6.57. The average molecular weight is 423 g/mol. The Hall–Kier alpha value is -3.12. The van der Waals surface area contributed by atoms with Crippen LogP contribution in [0, 0.1) is 6.92 Å². The second-order valence-corrected chi connectivity index (χ2v) is 8.81. The van der Waals surface area contributed by atoms with E-state index in [4.69, 9.17) is 0 Å². The number of carbonyl (C=O) groups is 1. The lowest BCUT2D eigenvalue weighted by Gasteiger charge is -2.23. The van der Waals surface area contributed by atoms with Gasteiger partial charge in [-0.25, -0.2) is 8.42 Å². The van der Waals surface area contributed by atoms with Gasteiger partial charge in [-0.05, 0) is 61.7 Å². The fraction of sp³-hybridized carbons (Fsp3) is 0.208. The number of benzene rings is 3. The normalized spacial score (nSPS) is 11.2. The highest BCUT2D eigenvalue weighted by Gasteiger charge is 2.24. The average Bonchev–Trinajstić information content (AvgIpc) is 2.76. The first-order chi connectivity index (χ1) is 14.4. The number of sulfonamides is 1. The van der Waals surface area contributed by atoms with E-state index in [2.05, 4.69) is 5.32 Å². The molecule has 0 aliphatic rings. The number of aryl methyl sites for hydroxylation is 2. The van der Waals surface area contributed by atoms with E-state index in [-0.39, 0.29) is 17.3 Å². The van der Waals surface area contributed by atoms with E-state index in [1.165, 1.54) is 16.4 Å². The Bertz CT molecular complexity index is 1140. The standard InChI is InChI=1S/C24H26N2O3S/c1-4-19-12-9-11-18(3)23(19)25-24(27)20-13-10-16-22(17-20)30(28,29)26(5-2)21-14-7-6-8-15-21/h6-17H,4-5H2,1-3H3,(H,25,27). The number of rotatable bonds is 7. The van der Waals surface area contributed by atoms with E-state index in [1.54, 1.807) is 43.3 Å². The van der Waals surface area contributed by atoms with E-state index < -0.39 is 10.0 Å². The van der Waals surface area contributed by atoms with Crippen molar-refractivity contribution in [1.82, 2.24) is 0 Å². The van der Waals surface area contributed by atoms with E-state index in [1.807, 2.05) is 38.1 Å². The van der Waals surface area contributed by atoms with Gasteiger partial charge < -0.3 is 5.32 Å². The molecule has 0 heterocycles. The second kappa shape index (κ2) is 9.13. The van der Waals surface area contributed by atoms with Crippen LogP contribution in [0.25, 0.3) is 0 Å². The largest absolute Gasteiger partial charge is 0.321 e. The smallest absolute Gasteiger partial charge is 0.264 e. The Labute approximate surface area is 178 Å². The first-order valence-electron chi connectivity index (χ1n) is 9.96. The van der Waals surface area contributed by atoms with Crippen molar-refractivity contribution in [3.63, 3.8) is 0 Å². The minimum absolute atomic E-state index is 0.0846. The topological polar surface area (TPSA) is 66.5 Å². The van der Waals surface area contributed by atoms with Gasteiger partial charge in [-0.3, -0.25) is 9.10 Å². The number of anilines is 2. The fourth-order valence-electron chi connectivity index (χ4n) is 3.40. The summed E-state index contributed by atoms with van der Waals surface area (Å²) < 4.78 is 27.8. The molecule has 5 nitrogen and oxygen atoms in total. The summed E-state index contributed by atoms with van der Waals surface area (Å²) in [6.07, 6.45) is 0.786. The third kappa shape index (κ3) is 4.39. The molecular weight excluding hydrogens is 396 g/mol. The Morgan fingerprint density at radius 3 is 2.30 bits per heavy atom. The molecule has 30 heavy (non-hydrogen) atoms. The summed E-state index contributed by atoms with van der Waals surface area (Å²) in [5.41, 5.74) is 3.66. The number of hydrogen-bond donors (Lipinski definition) is 1. The van der Waals surface area contributed by atoms with Crippen LogP contribution in [0.5, 0.6) is 0 Å². The maximum atomic E-state index is 13.2. The zero-order chi connectivity index (χ0) is 21.7. The summed E-state index contributed by atoms with van der Waals surface area (Å²) in [5, 5.41) is 2.95. The lowest BCUT2D eigenvalue weighted by atomic mass is 10.1. The van der Waals surface area contributed by atoms with Crippen molar-refractivity contribution < 1.29 is 13.2 Å². The van der Waals surface area contributed by atoms with Crippen LogP contribution in [-0.4, -0.2) is 20.9 Å². The van der Waals surface area contributed by atoms with Crippen LogP contribution in [0.1, 0.15) is 35.3 Å². The summed E-state index contributed by atoms with van der Waals surface area (Å²) >= 11 is 0. The van der Waals surface area contributed by atoms with Crippen LogP contribution < -0.4 is 9.62 Å². The second-order valence-electron chi connectivity index (χ2n) is 6.95. The highest BCUT2D eigenvalue weighted by molar-refractivity contribution is 7.92. The van der Waals surface area contributed by atoms with Gasteiger partial charge in [0.15, 0.2) is 0 Å². The van der Waals surface area contributed by atoms with Crippen LogP contribution in [0.2, 0.25) is 0 Å². The minimum Gasteiger partial charge on any atom is -0.321 e. The summed E-state index contributed by atoms with van der Waals surface area (Å²) in [7, 11) is -3.80. The highest BCUT2D eigenvalue weighted by Crippen LogP contribution is 2.25. The summed E-state index contributed by atoms with van der Waals surface area (Å²) in [4.78, 5) is 13.0. The molecule has 156 valence electrons. The number of hydrogen-bond acceptors (Lipinski definition) is 3. The Balaban J connectivity index is 1.93. The first-order valence-corrected chi connectivity index (χ1v) is 11.4. The van der Waals surface area contributed by atoms with Crippen molar-refractivity contribution in [3.05, 3.63) is 89.5 Å². The van der Waals surface area contributed by atoms with Gasteiger partial charge in [-0.2, -0.15) is 0 Å². The molecule has 6 heteroatoms. The maximum absolute atomic E-state index is 13.2. The molecule has 0 aliphatic heterocycles. The van der Waals surface area contributed by atoms with Crippen molar-refractivity contribution in [2.75, 3.05) is 16.2 Å². The molecule has 0 saturated heterocycles. The van der Waals surface area contributed by atoms with Crippen LogP contribution >= 0.6 is 0 Å². The molecule has 3 rings (SSSR count). The summed E-state index contributed by atoms with van der Waals surface area (Å²) in [6, 6.07) is 21.0. The molecule has 0 fully saturated rings. The molecule has 0 bridgehead atoms. The van der Waals surface area contributed by atoms with Crippen molar-refractivity contribution in [1.29, 1.82) is 0 Å². The fourth-order valence-corrected chi connectivity index (χ4v) is 4.92. The Morgan fingerprint density at radius 2 is 1.63 bits per heavy atom. The number of amides is 1. The van der Waals surface area contributed by atoms with Gasteiger partial charge in [0.2, 0.25) is 0 Å². The van der Waals surface area contributed by atoms with E-state index in [0.717, 1.165) is 23.2 Å². The van der Waals surface area contributed by atoms with Crippen LogP contribution in [-0.2, 0) is 16.4 Å². The maximum Gasteiger partial charge on any atom is 0.264 e. The van der Waals surface area contributed by atoms with Crippen LogP contribution in [0.15, 0.2) is 77.7 Å². The molecule has 3 aromatic rings. The predicted molar refractivity (Wildman–Crippen MR) is 122 cm³/mol. The molecule has 3 aromatic carbocycles. The van der Waals surface area contributed by atoms with Crippen molar-refractivity contribution in [2.24, 2.45) is 0 Å². The van der Waals surface area contributed by atoms with Crippen molar-refractivity contribution in [2.45, 2.75) is 32.1 Å². The van der Waals surface area contributed by atoms with Gasteiger partial charge in [0.1, 0.15) is 0 Å². The number of nitrogens with zero attached hydrogens (tertiary/aromatic N) is 1. The summed E-state index contributed by atoms with van der Waals surface area (Å²) in [6.45, 7) is 6.03. The molecule has 0 atom stereocenters. The summed E-state index contributed by atoms with van der Waals surface area (Å²) in [5.74, 6) is -0.334. The molecular formula is C24H26N2O3S. The number of nitrogens with one attached hydrogen (secondary N) is 1. The van der Waals surface area contributed by atoms with Gasteiger partial charge >= 0.3 is 0 Å². The highest BCUT2D eigenvalue weighted by atomic mass is 32.2. The SMILES string of the molecule is CCc1cccc(C)c1NC(=O)c1cccc(S(=O)(=O)N(CC)c2ccccc2)c1. The molecule has 0 aliphatic carbocycles. The molecule has 0 unspecified atom stereocenters. The molecule has 0 aromatic heterocycles. The van der Waals surface area contributed by atoms with Gasteiger partial charge in [0.05, 0.1) is 10.6 Å². The van der Waals surface area contributed by atoms with Gasteiger partial charge in [0.25, 0.3) is 15.9 Å². The Morgan fingerprint density at radius 1 is 0.933 bits per heavy atom. The van der Waals surface area contributed by atoms with Crippen LogP contribution in [0.3, 0.4) is 0 Å². The zero-order valence-electron chi connectivity index (χ0n) is 17.4. The minimum atomic E-state index is -3.80. The molecule has 0 saturated carbocycles. The molecule has 1 N–H and O–H groups in total. The quantitative estimate of drug-likeness (QED) is 0.581. The van der Waals surface area contributed by atoms with Gasteiger partial charge in [-0.15, -0.1) is 0 Å². The first kappa shape index (κ1) is 21.6. The lowest BCUT2D eigenvalue weighted by molar-refractivity contribution is 0.102. The number of para-hydroxylation sites is 2. The zero-order valence-corrected chi connectivity index (χ0v) is 18.2. The lowest BCUT2D eigenvalue weighted by Crippen LogP contribution is -2.31. The number of carbonyl (C=O) groups excluding carboxylic acids is 1. The van der Waals surface area contributed by atoms with Gasteiger partial charge in [0, 0.05) is 17.8 Å². The van der Waals surface area contributed by atoms with E-state index in [9.17, 15) is 13.2 Å². The van der Waals surface area contributed by atoms with E-state index >= 15 is 0 Å². The van der Waals surface area contributed by atoms with Crippen LogP contribution in [0.4, 0.5) is 11.4 Å². The molecule has 0 spiro atoms.